The van der Waals surface area contributed by atoms with E-state index < -0.39 is 11.6 Å². The third kappa shape index (κ3) is 3.64. The van der Waals surface area contributed by atoms with Crippen molar-refractivity contribution in [3.05, 3.63) is 42.5 Å². The lowest BCUT2D eigenvalue weighted by molar-refractivity contribution is -0.134. The first-order valence-corrected chi connectivity index (χ1v) is 7.33. The number of piperidine rings is 1. The van der Waals surface area contributed by atoms with Crippen molar-refractivity contribution >= 4 is 5.91 Å². The van der Waals surface area contributed by atoms with Gasteiger partial charge in [-0.25, -0.2) is 18.4 Å². The molecule has 1 saturated heterocycles. The second-order valence-corrected chi connectivity index (χ2v) is 5.35. The Kier molecular flexibility index (Phi) is 4.50. The van der Waals surface area contributed by atoms with E-state index in [1.807, 2.05) is 0 Å². The van der Waals surface area contributed by atoms with Crippen molar-refractivity contribution in [2.75, 3.05) is 19.7 Å². The first kappa shape index (κ1) is 15.4. The summed E-state index contributed by atoms with van der Waals surface area (Å²) < 4.78 is 33.2. The molecule has 1 aromatic heterocycles. The van der Waals surface area contributed by atoms with Crippen LogP contribution in [0.1, 0.15) is 18.9 Å². The Morgan fingerprint density at radius 1 is 1.30 bits per heavy atom. The van der Waals surface area contributed by atoms with E-state index in [0.717, 1.165) is 25.0 Å². The van der Waals surface area contributed by atoms with Crippen LogP contribution >= 0.6 is 0 Å². The SMILES string of the molecule is O=C(COc1ccc(F)cc1F)N1CCC(n2cncn2)CC1. The molecule has 1 amide bonds. The van der Waals surface area contributed by atoms with Crippen molar-refractivity contribution in [1.29, 1.82) is 0 Å². The summed E-state index contributed by atoms with van der Waals surface area (Å²) in [6.07, 6.45) is 4.71. The predicted octanol–water partition coefficient (Wildman–Crippen LogP) is 1.80. The zero-order valence-corrected chi connectivity index (χ0v) is 12.4. The van der Waals surface area contributed by atoms with Crippen molar-refractivity contribution in [3.63, 3.8) is 0 Å². The molecule has 0 bridgehead atoms. The molecule has 8 heteroatoms. The molecule has 1 fully saturated rings. The highest BCUT2D eigenvalue weighted by atomic mass is 19.1. The molecule has 1 aliphatic rings. The van der Waals surface area contributed by atoms with Crippen LogP contribution in [0.2, 0.25) is 0 Å². The van der Waals surface area contributed by atoms with Crippen LogP contribution in [0.25, 0.3) is 0 Å². The fourth-order valence-corrected chi connectivity index (χ4v) is 2.61. The topological polar surface area (TPSA) is 60.2 Å². The van der Waals surface area contributed by atoms with Crippen LogP contribution in [-0.2, 0) is 4.79 Å². The van der Waals surface area contributed by atoms with Crippen molar-refractivity contribution in [2.24, 2.45) is 0 Å². The quantitative estimate of drug-likeness (QED) is 0.861. The molecule has 6 nitrogen and oxygen atoms in total. The summed E-state index contributed by atoms with van der Waals surface area (Å²) in [5, 5.41) is 4.11. The lowest BCUT2D eigenvalue weighted by Crippen LogP contribution is -2.41. The van der Waals surface area contributed by atoms with Gasteiger partial charge in [0, 0.05) is 19.2 Å². The van der Waals surface area contributed by atoms with E-state index in [2.05, 4.69) is 10.1 Å². The Morgan fingerprint density at radius 2 is 2.09 bits per heavy atom. The maximum Gasteiger partial charge on any atom is 0.260 e. The third-order valence-corrected chi connectivity index (χ3v) is 3.87. The van der Waals surface area contributed by atoms with E-state index in [1.165, 1.54) is 12.4 Å². The number of halogens is 2. The van der Waals surface area contributed by atoms with Crippen LogP contribution in [-0.4, -0.2) is 45.3 Å². The molecular weight excluding hydrogens is 306 g/mol. The Morgan fingerprint density at radius 3 is 2.74 bits per heavy atom. The lowest BCUT2D eigenvalue weighted by Gasteiger charge is -2.31. The fraction of sp³-hybridized carbons (Fsp3) is 0.400. The van der Waals surface area contributed by atoms with E-state index >= 15 is 0 Å². The van der Waals surface area contributed by atoms with E-state index in [-0.39, 0.29) is 24.3 Å². The largest absolute Gasteiger partial charge is 0.481 e. The summed E-state index contributed by atoms with van der Waals surface area (Å²) in [5.74, 6) is -1.85. The summed E-state index contributed by atoms with van der Waals surface area (Å²) >= 11 is 0. The molecule has 122 valence electrons. The predicted molar refractivity (Wildman–Crippen MR) is 76.7 cm³/mol. The monoisotopic (exact) mass is 322 g/mol. The van der Waals surface area contributed by atoms with Gasteiger partial charge in [-0.1, -0.05) is 0 Å². The summed E-state index contributed by atoms with van der Waals surface area (Å²) in [7, 11) is 0. The number of hydrogen-bond donors (Lipinski definition) is 0. The van der Waals surface area contributed by atoms with Gasteiger partial charge in [0.1, 0.15) is 18.5 Å². The molecule has 1 aromatic carbocycles. The second-order valence-electron chi connectivity index (χ2n) is 5.35. The Balaban J connectivity index is 1.50. The maximum absolute atomic E-state index is 13.4. The van der Waals surface area contributed by atoms with Crippen LogP contribution < -0.4 is 4.74 Å². The molecule has 23 heavy (non-hydrogen) atoms. The zero-order chi connectivity index (χ0) is 16.2. The highest BCUT2D eigenvalue weighted by Crippen LogP contribution is 2.22. The molecule has 0 aliphatic carbocycles. The summed E-state index contributed by atoms with van der Waals surface area (Å²) in [5.41, 5.74) is 0. The van der Waals surface area contributed by atoms with Crippen molar-refractivity contribution < 1.29 is 18.3 Å². The van der Waals surface area contributed by atoms with Gasteiger partial charge in [-0.15, -0.1) is 0 Å². The number of carbonyl (C=O) groups excluding carboxylic acids is 1. The van der Waals surface area contributed by atoms with Gasteiger partial charge in [0.15, 0.2) is 18.2 Å². The van der Waals surface area contributed by atoms with Crippen LogP contribution in [0.5, 0.6) is 5.75 Å². The number of benzene rings is 1. The van der Waals surface area contributed by atoms with Crippen LogP contribution in [0.3, 0.4) is 0 Å². The highest BCUT2D eigenvalue weighted by Gasteiger charge is 2.24. The van der Waals surface area contributed by atoms with Crippen molar-refractivity contribution in [1.82, 2.24) is 19.7 Å². The van der Waals surface area contributed by atoms with E-state index in [4.69, 9.17) is 4.74 Å². The molecule has 0 radical (unpaired) electrons. The van der Waals surface area contributed by atoms with Crippen LogP contribution in [0.15, 0.2) is 30.9 Å². The van der Waals surface area contributed by atoms with Gasteiger partial charge in [0.2, 0.25) is 0 Å². The molecule has 2 aromatic rings. The van der Waals surface area contributed by atoms with Gasteiger partial charge >= 0.3 is 0 Å². The number of aromatic nitrogens is 3. The Hall–Kier alpha value is -2.51. The number of amides is 1. The average molecular weight is 322 g/mol. The van der Waals surface area contributed by atoms with Crippen molar-refractivity contribution in [3.8, 4) is 5.75 Å². The number of nitrogens with zero attached hydrogens (tertiary/aromatic N) is 4. The van der Waals surface area contributed by atoms with Gasteiger partial charge in [-0.05, 0) is 25.0 Å². The van der Waals surface area contributed by atoms with Crippen molar-refractivity contribution in [2.45, 2.75) is 18.9 Å². The van der Waals surface area contributed by atoms with Crippen LogP contribution in [0.4, 0.5) is 8.78 Å². The molecule has 3 rings (SSSR count). The number of rotatable bonds is 4. The normalized spacial score (nSPS) is 15.7. The standard InChI is InChI=1S/C15H16F2N4O2/c16-11-1-2-14(13(17)7-11)23-8-15(22)20-5-3-12(4-6-20)21-10-18-9-19-21/h1-2,7,9-10,12H,3-6,8H2. The van der Waals surface area contributed by atoms with E-state index in [9.17, 15) is 13.6 Å². The molecule has 0 spiro atoms. The smallest absolute Gasteiger partial charge is 0.260 e. The average Bonchev–Trinajstić information content (AvgIpc) is 3.08. The highest BCUT2D eigenvalue weighted by molar-refractivity contribution is 5.77. The lowest BCUT2D eigenvalue weighted by atomic mass is 10.1. The van der Waals surface area contributed by atoms with E-state index in [1.54, 1.807) is 15.9 Å². The second kappa shape index (κ2) is 6.72. The minimum Gasteiger partial charge on any atom is -0.481 e. The molecule has 0 saturated carbocycles. The minimum atomic E-state index is -0.817. The summed E-state index contributed by atoms with van der Waals surface area (Å²) in [6.45, 7) is 0.897. The molecular formula is C15H16F2N4O2. The van der Waals surface area contributed by atoms with Gasteiger partial charge in [0.05, 0.1) is 6.04 Å². The molecule has 1 aliphatic heterocycles. The Bertz CT molecular complexity index is 670. The molecule has 0 atom stereocenters. The number of hydrogen-bond acceptors (Lipinski definition) is 4. The molecule has 0 N–H and O–H groups in total. The summed E-state index contributed by atoms with van der Waals surface area (Å²) in [6, 6.07) is 3.22. The number of ether oxygens (including phenoxy) is 1. The van der Waals surface area contributed by atoms with Gasteiger partial charge in [-0.3, -0.25) is 4.79 Å². The van der Waals surface area contributed by atoms with Gasteiger partial charge in [0.25, 0.3) is 5.91 Å². The maximum atomic E-state index is 13.4. The summed E-state index contributed by atoms with van der Waals surface area (Å²) in [4.78, 5) is 17.7. The first-order valence-electron chi connectivity index (χ1n) is 7.33. The molecule has 0 unspecified atom stereocenters. The third-order valence-electron chi connectivity index (χ3n) is 3.87. The minimum absolute atomic E-state index is 0.128. The Labute approximate surface area is 131 Å². The zero-order valence-electron chi connectivity index (χ0n) is 12.4. The van der Waals surface area contributed by atoms with Gasteiger partial charge in [-0.2, -0.15) is 5.10 Å². The first-order chi connectivity index (χ1) is 11.1. The van der Waals surface area contributed by atoms with Crippen LogP contribution in [0, 0.1) is 11.6 Å². The molecule has 2 heterocycles. The fourth-order valence-electron chi connectivity index (χ4n) is 2.61. The number of likely N-dealkylation sites (tertiary alicyclic amines) is 1. The number of carbonyl (C=O) groups is 1. The van der Waals surface area contributed by atoms with Gasteiger partial charge < -0.3 is 9.64 Å². The van der Waals surface area contributed by atoms with E-state index in [0.29, 0.717) is 13.1 Å².